The Morgan fingerprint density at radius 3 is 2.80 bits per heavy atom. The molecular formula is C12H13NOS. The number of methoxy groups -OCH3 is 1. The minimum atomic E-state index is 0.701. The van der Waals surface area contributed by atoms with Gasteiger partial charge in [-0.25, -0.2) is 0 Å². The van der Waals surface area contributed by atoms with Crippen LogP contribution in [0.25, 0.3) is 0 Å². The molecule has 78 valence electrons. The second kappa shape index (κ2) is 4.36. The van der Waals surface area contributed by atoms with Crippen molar-refractivity contribution in [3.05, 3.63) is 46.2 Å². The van der Waals surface area contributed by atoms with Crippen LogP contribution in [0.1, 0.15) is 10.4 Å². The summed E-state index contributed by atoms with van der Waals surface area (Å²) in [4.78, 5) is 1.35. The first kappa shape index (κ1) is 10.1. The van der Waals surface area contributed by atoms with Crippen molar-refractivity contribution in [1.82, 2.24) is 0 Å². The fourth-order valence-corrected chi connectivity index (χ4v) is 2.25. The van der Waals surface area contributed by atoms with Crippen LogP contribution in [0.5, 0.6) is 5.75 Å². The molecule has 0 aliphatic carbocycles. The van der Waals surface area contributed by atoms with Crippen LogP contribution in [-0.4, -0.2) is 7.11 Å². The SMILES string of the molecule is COc1ccc(Cc2cccs2)cc1N. The summed E-state index contributed by atoms with van der Waals surface area (Å²) in [6, 6.07) is 10.1. The highest BCUT2D eigenvalue weighted by Gasteiger charge is 2.02. The van der Waals surface area contributed by atoms with E-state index in [-0.39, 0.29) is 0 Å². The van der Waals surface area contributed by atoms with Gasteiger partial charge in [-0.1, -0.05) is 12.1 Å². The Morgan fingerprint density at radius 1 is 1.33 bits per heavy atom. The third kappa shape index (κ3) is 2.30. The number of nitrogen functional groups attached to an aromatic ring is 1. The van der Waals surface area contributed by atoms with E-state index in [0.717, 1.165) is 12.2 Å². The van der Waals surface area contributed by atoms with E-state index >= 15 is 0 Å². The molecule has 2 nitrogen and oxygen atoms in total. The number of rotatable bonds is 3. The third-order valence-corrected chi connectivity index (χ3v) is 3.13. The van der Waals surface area contributed by atoms with E-state index in [2.05, 4.69) is 23.6 Å². The topological polar surface area (TPSA) is 35.2 Å². The van der Waals surface area contributed by atoms with Crippen LogP contribution < -0.4 is 10.5 Å². The van der Waals surface area contributed by atoms with Gasteiger partial charge in [-0.3, -0.25) is 0 Å². The van der Waals surface area contributed by atoms with Crippen molar-refractivity contribution in [3.8, 4) is 5.75 Å². The Balaban J connectivity index is 2.20. The monoisotopic (exact) mass is 219 g/mol. The third-order valence-electron chi connectivity index (χ3n) is 2.25. The van der Waals surface area contributed by atoms with Gasteiger partial charge >= 0.3 is 0 Å². The largest absolute Gasteiger partial charge is 0.495 e. The molecule has 2 N–H and O–H groups in total. The summed E-state index contributed by atoms with van der Waals surface area (Å²) < 4.78 is 5.11. The second-order valence-corrected chi connectivity index (χ2v) is 4.36. The highest BCUT2D eigenvalue weighted by molar-refractivity contribution is 7.09. The normalized spacial score (nSPS) is 10.2. The summed E-state index contributed by atoms with van der Waals surface area (Å²) in [5.41, 5.74) is 7.76. The van der Waals surface area contributed by atoms with E-state index in [1.165, 1.54) is 10.4 Å². The fourth-order valence-electron chi connectivity index (χ4n) is 1.51. The van der Waals surface area contributed by atoms with E-state index in [0.29, 0.717) is 5.69 Å². The number of hydrogen-bond acceptors (Lipinski definition) is 3. The average Bonchev–Trinajstić information content (AvgIpc) is 2.71. The van der Waals surface area contributed by atoms with Gasteiger partial charge < -0.3 is 10.5 Å². The van der Waals surface area contributed by atoms with Crippen LogP contribution in [0.2, 0.25) is 0 Å². The average molecular weight is 219 g/mol. The Kier molecular flexibility index (Phi) is 2.92. The first-order valence-corrected chi connectivity index (χ1v) is 5.62. The molecule has 0 saturated heterocycles. The molecule has 1 heterocycles. The van der Waals surface area contributed by atoms with E-state index < -0.39 is 0 Å². The molecule has 3 heteroatoms. The lowest BCUT2D eigenvalue weighted by Gasteiger charge is -2.06. The maximum Gasteiger partial charge on any atom is 0.141 e. The predicted molar refractivity (Wildman–Crippen MR) is 64.5 cm³/mol. The predicted octanol–water partition coefficient (Wildman–Crippen LogP) is 2.93. The second-order valence-electron chi connectivity index (χ2n) is 3.33. The van der Waals surface area contributed by atoms with Crippen LogP contribution in [0.3, 0.4) is 0 Å². The number of thiophene rings is 1. The van der Waals surface area contributed by atoms with Gasteiger partial charge in [0, 0.05) is 11.3 Å². The number of hydrogen-bond donors (Lipinski definition) is 1. The highest BCUT2D eigenvalue weighted by atomic mass is 32.1. The number of benzene rings is 1. The summed E-state index contributed by atoms with van der Waals surface area (Å²) in [5, 5.41) is 2.09. The van der Waals surface area contributed by atoms with Crippen LogP contribution in [0, 0.1) is 0 Å². The molecule has 0 aliphatic rings. The van der Waals surface area contributed by atoms with Gasteiger partial charge in [0.05, 0.1) is 12.8 Å². The van der Waals surface area contributed by atoms with E-state index in [9.17, 15) is 0 Å². The van der Waals surface area contributed by atoms with Crippen LogP contribution in [-0.2, 0) is 6.42 Å². The minimum Gasteiger partial charge on any atom is -0.495 e. The smallest absolute Gasteiger partial charge is 0.141 e. The fraction of sp³-hybridized carbons (Fsp3) is 0.167. The lowest BCUT2D eigenvalue weighted by Crippen LogP contribution is -1.94. The molecular weight excluding hydrogens is 206 g/mol. The molecule has 0 fully saturated rings. The number of ether oxygens (including phenoxy) is 1. The van der Waals surface area contributed by atoms with Crippen molar-refractivity contribution < 1.29 is 4.74 Å². The molecule has 15 heavy (non-hydrogen) atoms. The quantitative estimate of drug-likeness (QED) is 0.805. The molecule has 0 bridgehead atoms. The molecule has 0 unspecified atom stereocenters. The van der Waals surface area contributed by atoms with Crippen molar-refractivity contribution in [2.75, 3.05) is 12.8 Å². The molecule has 0 atom stereocenters. The Hall–Kier alpha value is -1.48. The van der Waals surface area contributed by atoms with Gasteiger partial charge in [0.1, 0.15) is 5.75 Å². The molecule has 0 saturated carbocycles. The Bertz CT molecular complexity index is 437. The zero-order valence-electron chi connectivity index (χ0n) is 8.57. The van der Waals surface area contributed by atoms with Crippen LogP contribution in [0.15, 0.2) is 35.7 Å². The van der Waals surface area contributed by atoms with E-state index in [4.69, 9.17) is 10.5 Å². The zero-order chi connectivity index (χ0) is 10.7. The van der Waals surface area contributed by atoms with Crippen molar-refractivity contribution in [2.24, 2.45) is 0 Å². The van der Waals surface area contributed by atoms with Crippen molar-refractivity contribution in [3.63, 3.8) is 0 Å². The van der Waals surface area contributed by atoms with Gasteiger partial charge in [-0.05, 0) is 29.1 Å². The molecule has 0 radical (unpaired) electrons. The number of anilines is 1. The molecule has 1 aromatic carbocycles. The number of nitrogens with two attached hydrogens (primary N) is 1. The summed E-state index contributed by atoms with van der Waals surface area (Å²) in [7, 11) is 1.63. The Labute approximate surface area is 93.3 Å². The van der Waals surface area contributed by atoms with Crippen molar-refractivity contribution in [2.45, 2.75) is 6.42 Å². The maximum absolute atomic E-state index is 5.84. The lowest BCUT2D eigenvalue weighted by molar-refractivity contribution is 0.417. The summed E-state index contributed by atoms with van der Waals surface area (Å²) in [6.45, 7) is 0. The lowest BCUT2D eigenvalue weighted by atomic mass is 10.1. The summed E-state index contributed by atoms with van der Waals surface area (Å²) in [6.07, 6.45) is 0.936. The first-order valence-electron chi connectivity index (χ1n) is 4.74. The molecule has 2 rings (SSSR count). The highest BCUT2D eigenvalue weighted by Crippen LogP contribution is 2.24. The van der Waals surface area contributed by atoms with Crippen molar-refractivity contribution in [1.29, 1.82) is 0 Å². The standard InChI is InChI=1S/C12H13NOS/c1-14-12-5-4-9(8-11(12)13)7-10-3-2-6-15-10/h2-6,8H,7,13H2,1H3. The summed E-state index contributed by atoms with van der Waals surface area (Å²) in [5.74, 6) is 0.741. The molecule has 0 spiro atoms. The van der Waals surface area contributed by atoms with Gasteiger partial charge in [-0.15, -0.1) is 11.3 Å². The molecule has 2 aromatic rings. The molecule has 0 aliphatic heterocycles. The van der Waals surface area contributed by atoms with Gasteiger partial charge in [0.15, 0.2) is 0 Å². The van der Waals surface area contributed by atoms with E-state index in [1.807, 2.05) is 12.1 Å². The zero-order valence-corrected chi connectivity index (χ0v) is 9.38. The maximum atomic E-state index is 5.84. The Morgan fingerprint density at radius 2 is 2.20 bits per heavy atom. The molecule has 0 amide bonds. The van der Waals surface area contributed by atoms with Crippen LogP contribution >= 0.6 is 11.3 Å². The van der Waals surface area contributed by atoms with Gasteiger partial charge in [-0.2, -0.15) is 0 Å². The van der Waals surface area contributed by atoms with Gasteiger partial charge in [0.25, 0.3) is 0 Å². The first-order chi connectivity index (χ1) is 7.29. The van der Waals surface area contributed by atoms with E-state index in [1.54, 1.807) is 18.4 Å². The van der Waals surface area contributed by atoms with Crippen molar-refractivity contribution >= 4 is 17.0 Å². The minimum absolute atomic E-state index is 0.701. The summed E-state index contributed by atoms with van der Waals surface area (Å²) >= 11 is 1.76. The van der Waals surface area contributed by atoms with Crippen LogP contribution in [0.4, 0.5) is 5.69 Å². The van der Waals surface area contributed by atoms with Gasteiger partial charge in [0.2, 0.25) is 0 Å². The molecule has 1 aromatic heterocycles.